The Bertz CT molecular complexity index is 942. The van der Waals surface area contributed by atoms with Crippen molar-refractivity contribution in [1.82, 2.24) is 10.3 Å². The third-order valence-corrected chi connectivity index (χ3v) is 5.85. The van der Waals surface area contributed by atoms with Gasteiger partial charge in [-0.2, -0.15) is 0 Å². The first kappa shape index (κ1) is 24.1. The van der Waals surface area contributed by atoms with Gasteiger partial charge in [0, 0.05) is 12.2 Å². The molecule has 2 aromatic rings. The molecule has 0 bridgehead atoms. The highest BCUT2D eigenvalue weighted by Crippen LogP contribution is 2.32. The fourth-order valence-corrected chi connectivity index (χ4v) is 4.53. The molecule has 1 aliphatic rings. The van der Waals surface area contributed by atoms with Crippen LogP contribution < -0.4 is 15.4 Å². The highest BCUT2D eigenvalue weighted by molar-refractivity contribution is 6.32. The van der Waals surface area contributed by atoms with Crippen LogP contribution in [-0.2, 0) is 0 Å². The zero-order valence-corrected chi connectivity index (χ0v) is 19.5. The van der Waals surface area contributed by atoms with E-state index in [1.54, 1.807) is 12.3 Å². The van der Waals surface area contributed by atoms with Crippen molar-refractivity contribution >= 4 is 23.5 Å². The van der Waals surface area contributed by atoms with E-state index in [-0.39, 0.29) is 12.6 Å². The van der Waals surface area contributed by atoms with Gasteiger partial charge in [0.1, 0.15) is 24.3 Å². The Morgan fingerprint density at radius 3 is 2.69 bits per heavy atom. The maximum atomic E-state index is 13.4. The second kappa shape index (κ2) is 10.4. The molecule has 1 saturated carbocycles. The average Bonchev–Trinajstić information content (AvgIpc) is 3.10. The molecule has 174 valence electrons. The van der Waals surface area contributed by atoms with Crippen molar-refractivity contribution in [2.24, 2.45) is 5.92 Å². The summed E-state index contributed by atoms with van der Waals surface area (Å²) in [6.45, 7) is 6.05. The highest BCUT2D eigenvalue weighted by atomic mass is 35.5. The fourth-order valence-electron chi connectivity index (χ4n) is 4.30. The molecule has 0 spiro atoms. The van der Waals surface area contributed by atoms with E-state index >= 15 is 0 Å². The van der Waals surface area contributed by atoms with Crippen molar-refractivity contribution in [1.29, 1.82) is 0 Å². The van der Waals surface area contributed by atoms with Crippen molar-refractivity contribution in [2.45, 2.75) is 64.2 Å². The van der Waals surface area contributed by atoms with Crippen LogP contribution in [0.5, 0.6) is 5.75 Å². The smallest absolute Gasteiger partial charge is 0.405 e. The number of nitrogens with zero attached hydrogens (tertiary/aromatic N) is 1. The number of ether oxygens (including phenoxy) is 1. The van der Waals surface area contributed by atoms with Crippen molar-refractivity contribution in [3.05, 3.63) is 41.6 Å². The minimum absolute atomic E-state index is 0.103. The van der Waals surface area contributed by atoms with Gasteiger partial charge in [0.2, 0.25) is 0 Å². The van der Waals surface area contributed by atoms with E-state index in [1.807, 2.05) is 45.0 Å². The number of rotatable bonds is 9. The minimum atomic E-state index is -1.08. The third kappa shape index (κ3) is 6.73. The molecule has 1 aliphatic carbocycles. The molecule has 1 fully saturated rings. The molecule has 3 rings (SSSR count). The summed E-state index contributed by atoms with van der Waals surface area (Å²) in [4.78, 5) is 15.6. The van der Waals surface area contributed by atoms with Gasteiger partial charge in [0.05, 0.1) is 10.6 Å². The summed E-state index contributed by atoms with van der Waals surface area (Å²) in [5.74, 6) is 1.50. The maximum Gasteiger partial charge on any atom is 0.405 e. The molecule has 1 heterocycles. The zero-order valence-electron chi connectivity index (χ0n) is 18.7. The van der Waals surface area contributed by atoms with Crippen LogP contribution in [0.3, 0.4) is 0 Å². The molecule has 1 amide bonds. The molecular formula is C24H31ClFN3O3. The number of aromatic nitrogens is 1. The summed E-state index contributed by atoms with van der Waals surface area (Å²) in [5.41, 5.74) is 1.10. The number of pyridine rings is 1. The Morgan fingerprint density at radius 1 is 1.31 bits per heavy atom. The Balaban J connectivity index is 1.69. The van der Waals surface area contributed by atoms with Crippen LogP contribution in [0.25, 0.3) is 11.1 Å². The number of anilines is 1. The van der Waals surface area contributed by atoms with Gasteiger partial charge in [-0.25, -0.2) is 14.2 Å². The van der Waals surface area contributed by atoms with Gasteiger partial charge in [-0.1, -0.05) is 31.5 Å². The zero-order chi connectivity index (χ0) is 23.3. The number of alkyl halides is 1. The lowest BCUT2D eigenvalue weighted by molar-refractivity contribution is 0.143. The molecule has 6 nitrogen and oxygen atoms in total. The molecule has 1 aromatic heterocycles. The lowest BCUT2D eigenvalue weighted by atomic mass is 9.91. The molecule has 0 radical (unpaired) electrons. The summed E-state index contributed by atoms with van der Waals surface area (Å²) < 4.78 is 19.3. The van der Waals surface area contributed by atoms with E-state index in [0.29, 0.717) is 41.8 Å². The summed E-state index contributed by atoms with van der Waals surface area (Å²) in [7, 11) is 0. The van der Waals surface area contributed by atoms with Gasteiger partial charge >= 0.3 is 6.09 Å². The Hall–Kier alpha value is -2.54. The molecule has 32 heavy (non-hydrogen) atoms. The number of hydrogen-bond donors (Lipinski definition) is 3. The summed E-state index contributed by atoms with van der Waals surface area (Å²) in [6, 6.07) is 9.42. The number of carboxylic acid groups (broad SMARTS) is 1. The van der Waals surface area contributed by atoms with Gasteiger partial charge in [-0.15, -0.1) is 0 Å². The normalized spacial score (nSPS) is 20.1. The molecule has 8 heteroatoms. The number of benzene rings is 1. The molecule has 3 atom stereocenters. The van der Waals surface area contributed by atoms with Gasteiger partial charge in [0.25, 0.3) is 0 Å². The molecule has 0 saturated heterocycles. The minimum Gasteiger partial charge on any atom is -0.490 e. The number of carbonyl (C=O) groups is 1. The Labute approximate surface area is 193 Å². The third-order valence-electron chi connectivity index (χ3n) is 5.56. The predicted octanol–water partition coefficient (Wildman–Crippen LogP) is 6.16. The standard InChI is InChI=1S/C24H31ClFN3O3/c1-15(2)13-24(3,29-23(30)31)14-32-21-7-4-16(10-20(21)25)17-8-9-27-22(11-17)28-19-6-5-18(26)12-19/h4,7-11,15,18-19,29H,5-6,12-14H2,1-3H3,(H,27,28)(H,30,31). The first-order chi connectivity index (χ1) is 15.1. The van der Waals surface area contributed by atoms with Crippen LogP contribution >= 0.6 is 11.6 Å². The van der Waals surface area contributed by atoms with Crippen LogP contribution in [0.15, 0.2) is 36.5 Å². The van der Waals surface area contributed by atoms with Crippen LogP contribution in [0.4, 0.5) is 15.0 Å². The van der Waals surface area contributed by atoms with Crippen LogP contribution in [0.1, 0.15) is 46.5 Å². The molecule has 1 aromatic carbocycles. The first-order valence-electron chi connectivity index (χ1n) is 10.9. The lowest BCUT2D eigenvalue weighted by Gasteiger charge is -2.31. The predicted molar refractivity (Wildman–Crippen MR) is 125 cm³/mol. The van der Waals surface area contributed by atoms with E-state index in [1.165, 1.54) is 0 Å². The monoisotopic (exact) mass is 463 g/mol. The van der Waals surface area contributed by atoms with E-state index in [0.717, 1.165) is 17.5 Å². The van der Waals surface area contributed by atoms with Crippen LogP contribution in [-0.4, -0.2) is 40.5 Å². The van der Waals surface area contributed by atoms with E-state index < -0.39 is 17.8 Å². The Morgan fingerprint density at radius 2 is 2.06 bits per heavy atom. The number of hydrogen-bond acceptors (Lipinski definition) is 4. The molecule has 0 aliphatic heterocycles. The van der Waals surface area contributed by atoms with Crippen molar-refractivity contribution < 1.29 is 19.0 Å². The lowest BCUT2D eigenvalue weighted by Crippen LogP contribution is -2.50. The van der Waals surface area contributed by atoms with E-state index in [2.05, 4.69) is 15.6 Å². The summed E-state index contributed by atoms with van der Waals surface area (Å²) >= 11 is 6.48. The van der Waals surface area contributed by atoms with Crippen LogP contribution in [0, 0.1) is 5.92 Å². The van der Waals surface area contributed by atoms with Gasteiger partial charge in [0.15, 0.2) is 0 Å². The van der Waals surface area contributed by atoms with Gasteiger partial charge in [-0.05, 0) is 73.9 Å². The molecular weight excluding hydrogens is 433 g/mol. The second-order valence-electron chi connectivity index (χ2n) is 9.20. The Kier molecular flexibility index (Phi) is 7.82. The molecule has 3 N–H and O–H groups in total. The number of nitrogens with one attached hydrogen (secondary N) is 2. The van der Waals surface area contributed by atoms with Gasteiger partial charge < -0.3 is 20.5 Å². The van der Waals surface area contributed by atoms with E-state index in [9.17, 15) is 14.3 Å². The van der Waals surface area contributed by atoms with Crippen molar-refractivity contribution in [3.63, 3.8) is 0 Å². The number of amides is 1. The SMILES string of the molecule is CC(C)CC(C)(COc1ccc(-c2ccnc(NC3CCC(F)C3)c2)cc1Cl)NC(=O)O. The van der Waals surface area contributed by atoms with Crippen molar-refractivity contribution in [3.8, 4) is 16.9 Å². The largest absolute Gasteiger partial charge is 0.490 e. The maximum absolute atomic E-state index is 13.4. The topological polar surface area (TPSA) is 83.5 Å². The summed E-state index contributed by atoms with van der Waals surface area (Å²) in [6.07, 6.45) is 2.42. The van der Waals surface area contributed by atoms with Gasteiger partial charge in [-0.3, -0.25) is 0 Å². The first-order valence-corrected chi connectivity index (χ1v) is 11.3. The quantitative estimate of drug-likeness (QED) is 0.415. The van der Waals surface area contributed by atoms with Crippen molar-refractivity contribution in [2.75, 3.05) is 11.9 Å². The average molecular weight is 464 g/mol. The molecule has 3 unspecified atom stereocenters. The van der Waals surface area contributed by atoms with E-state index in [4.69, 9.17) is 16.3 Å². The fraction of sp³-hybridized carbons (Fsp3) is 0.500. The number of halogens is 2. The van der Waals surface area contributed by atoms with Crippen LogP contribution in [0.2, 0.25) is 5.02 Å². The highest BCUT2D eigenvalue weighted by Gasteiger charge is 2.29. The summed E-state index contributed by atoms with van der Waals surface area (Å²) in [5, 5.41) is 15.5. The second-order valence-corrected chi connectivity index (χ2v) is 9.61.